The van der Waals surface area contributed by atoms with E-state index in [2.05, 4.69) is 20.7 Å². The lowest BCUT2D eigenvalue weighted by Crippen LogP contribution is -2.25. The van der Waals surface area contributed by atoms with Gasteiger partial charge in [0.1, 0.15) is 10.6 Å². The van der Waals surface area contributed by atoms with Crippen LogP contribution >= 0.6 is 15.9 Å². The van der Waals surface area contributed by atoms with Crippen molar-refractivity contribution >= 4 is 26.0 Å². The van der Waals surface area contributed by atoms with Crippen LogP contribution in [0.25, 0.3) is 0 Å². The number of nitrogens with two attached hydrogens (primary N) is 1. The largest absolute Gasteiger partial charge is 0.492 e. The number of rotatable bonds is 6. The van der Waals surface area contributed by atoms with Gasteiger partial charge in [0.2, 0.25) is 10.0 Å². The number of hydrogen-bond donors (Lipinski definition) is 2. The summed E-state index contributed by atoms with van der Waals surface area (Å²) in [4.78, 5) is 0.210. The van der Waals surface area contributed by atoms with E-state index in [1.165, 1.54) is 0 Å². The van der Waals surface area contributed by atoms with Gasteiger partial charge in [0.15, 0.2) is 0 Å². The Balaban J connectivity index is 2.21. The summed E-state index contributed by atoms with van der Waals surface area (Å²) in [5.41, 5.74) is 6.31. The highest BCUT2D eigenvalue weighted by Crippen LogP contribution is 2.35. The van der Waals surface area contributed by atoms with Gasteiger partial charge < -0.3 is 10.5 Å². The molecule has 0 bridgehead atoms. The molecule has 1 heterocycles. The molecule has 5 nitrogen and oxygen atoms in total. The molecule has 2 rings (SSSR count). The van der Waals surface area contributed by atoms with E-state index in [4.69, 9.17) is 10.5 Å². The molecule has 0 aliphatic carbocycles. The predicted octanol–water partition coefficient (Wildman–Crippen LogP) is 1.40. The highest BCUT2D eigenvalue weighted by Gasteiger charge is 2.25. The minimum absolute atomic E-state index is 0.210. The van der Waals surface area contributed by atoms with Crippen molar-refractivity contribution in [3.8, 4) is 5.75 Å². The van der Waals surface area contributed by atoms with E-state index in [0.29, 0.717) is 25.4 Å². The quantitative estimate of drug-likeness (QED) is 0.761. The van der Waals surface area contributed by atoms with Crippen molar-refractivity contribution in [1.82, 2.24) is 4.72 Å². The highest BCUT2D eigenvalue weighted by atomic mass is 79.9. The number of halogens is 1. The number of fused-ring (bicyclic) bond motifs is 1. The summed E-state index contributed by atoms with van der Waals surface area (Å²) in [6, 6.07) is 3.48. The van der Waals surface area contributed by atoms with Crippen molar-refractivity contribution in [2.24, 2.45) is 5.73 Å². The van der Waals surface area contributed by atoms with Gasteiger partial charge in [0.05, 0.1) is 6.61 Å². The number of hydrogen-bond acceptors (Lipinski definition) is 4. The van der Waals surface area contributed by atoms with Gasteiger partial charge in [-0.3, -0.25) is 0 Å². The average Bonchev–Trinajstić information content (AvgIpc) is 2.81. The Bertz CT molecular complexity index is 560. The van der Waals surface area contributed by atoms with Crippen LogP contribution in [0, 0.1) is 0 Å². The third kappa shape index (κ3) is 3.47. The lowest BCUT2D eigenvalue weighted by Gasteiger charge is -2.11. The SMILES string of the molecule is NCCCCNS(=O)(=O)c1cc(Br)cc2c1OCC2. The minimum Gasteiger partial charge on any atom is -0.492 e. The van der Waals surface area contributed by atoms with Gasteiger partial charge in [-0.15, -0.1) is 0 Å². The van der Waals surface area contributed by atoms with Crippen LogP contribution in [0.15, 0.2) is 21.5 Å². The monoisotopic (exact) mass is 348 g/mol. The molecule has 1 aliphatic heterocycles. The van der Waals surface area contributed by atoms with Crippen LogP contribution < -0.4 is 15.2 Å². The first-order chi connectivity index (χ1) is 9.04. The predicted molar refractivity (Wildman–Crippen MR) is 76.8 cm³/mol. The van der Waals surface area contributed by atoms with Gasteiger partial charge in [0, 0.05) is 23.0 Å². The van der Waals surface area contributed by atoms with Gasteiger partial charge in [-0.2, -0.15) is 0 Å². The Labute approximate surface area is 121 Å². The molecule has 0 fully saturated rings. The fraction of sp³-hybridized carbons (Fsp3) is 0.500. The average molecular weight is 349 g/mol. The molecule has 0 unspecified atom stereocenters. The van der Waals surface area contributed by atoms with Gasteiger partial charge in [-0.05, 0) is 31.5 Å². The Hall–Kier alpha value is -0.630. The zero-order valence-corrected chi connectivity index (χ0v) is 12.9. The summed E-state index contributed by atoms with van der Waals surface area (Å²) in [5.74, 6) is 0.481. The summed E-state index contributed by atoms with van der Waals surface area (Å²) in [6.07, 6.45) is 2.27. The van der Waals surface area contributed by atoms with Crippen LogP contribution in [0.4, 0.5) is 0 Å². The van der Waals surface area contributed by atoms with Crippen LogP contribution in [0.3, 0.4) is 0 Å². The summed E-state index contributed by atoms with van der Waals surface area (Å²) in [6.45, 7) is 1.49. The number of sulfonamides is 1. The summed E-state index contributed by atoms with van der Waals surface area (Å²) >= 11 is 3.34. The molecule has 1 aromatic carbocycles. The van der Waals surface area contributed by atoms with Crippen LogP contribution in [-0.4, -0.2) is 28.1 Å². The first kappa shape index (κ1) is 14.8. The second kappa shape index (κ2) is 6.21. The molecule has 3 N–H and O–H groups in total. The van der Waals surface area contributed by atoms with Crippen molar-refractivity contribution in [1.29, 1.82) is 0 Å². The smallest absolute Gasteiger partial charge is 0.244 e. The van der Waals surface area contributed by atoms with Gasteiger partial charge in [-0.25, -0.2) is 13.1 Å². The molecular weight excluding hydrogens is 332 g/mol. The van der Waals surface area contributed by atoms with E-state index in [1.54, 1.807) is 6.07 Å². The molecule has 1 aromatic rings. The van der Waals surface area contributed by atoms with Gasteiger partial charge in [0.25, 0.3) is 0 Å². The van der Waals surface area contributed by atoms with Crippen molar-refractivity contribution < 1.29 is 13.2 Å². The molecule has 0 atom stereocenters. The van der Waals surface area contributed by atoms with Crippen LogP contribution in [-0.2, 0) is 16.4 Å². The Morgan fingerprint density at radius 3 is 2.89 bits per heavy atom. The maximum absolute atomic E-state index is 12.3. The molecule has 1 aliphatic rings. The fourth-order valence-electron chi connectivity index (χ4n) is 1.99. The summed E-state index contributed by atoms with van der Waals surface area (Å²) < 4.78 is 33.3. The van der Waals surface area contributed by atoms with E-state index >= 15 is 0 Å². The van der Waals surface area contributed by atoms with E-state index in [9.17, 15) is 8.42 Å². The molecule has 0 amide bonds. The second-order valence-corrected chi connectivity index (χ2v) is 7.04. The maximum atomic E-state index is 12.3. The topological polar surface area (TPSA) is 81.4 Å². The Morgan fingerprint density at radius 2 is 2.16 bits per heavy atom. The highest BCUT2D eigenvalue weighted by molar-refractivity contribution is 9.10. The molecule has 0 spiro atoms. The number of unbranched alkanes of at least 4 members (excludes halogenated alkanes) is 1. The van der Waals surface area contributed by atoms with Gasteiger partial charge in [-0.1, -0.05) is 15.9 Å². The van der Waals surface area contributed by atoms with Gasteiger partial charge >= 0.3 is 0 Å². The van der Waals surface area contributed by atoms with Crippen molar-refractivity contribution in [3.63, 3.8) is 0 Å². The molecule has 0 radical (unpaired) electrons. The third-order valence-electron chi connectivity index (χ3n) is 2.93. The molecule has 0 saturated carbocycles. The normalized spacial score (nSPS) is 14.2. The molecule has 106 valence electrons. The Morgan fingerprint density at radius 1 is 1.37 bits per heavy atom. The molecule has 0 saturated heterocycles. The first-order valence-electron chi connectivity index (χ1n) is 6.19. The minimum atomic E-state index is -3.53. The van der Waals surface area contributed by atoms with E-state index in [-0.39, 0.29) is 4.90 Å². The molecule has 7 heteroatoms. The van der Waals surface area contributed by atoms with E-state index < -0.39 is 10.0 Å². The lowest BCUT2D eigenvalue weighted by molar-refractivity contribution is 0.348. The molecular formula is C12H17BrN2O3S. The van der Waals surface area contributed by atoms with Crippen LogP contribution in [0.1, 0.15) is 18.4 Å². The standard InChI is InChI=1S/C12H17BrN2O3S/c13-10-7-9-3-6-18-12(9)11(8-10)19(16,17)15-5-2-1-4-14/h7-8,15H,1-6,14H2. The third-order valence-corrected chi connectivity index (χ3v) is 4.85. The lowest BCUT2D eigenvalue weighted by atomic mass is 10.2. The Kier molecular flexibility index (Phi) is 4.83. The zero-order chi connectivity index (χ0) is 13.9. The van der Waals surface area contributed by atoms with E-state index in [0.717, 1.165) is 29.3 Å². The number of ether oxygens (including phenoxy) is 1. The van der Waals surface area contributed by atoms with E-state index in [1.807, 2.05) is 6.07 Å². The summed E-state index contributed by atoms with van der Waals surface area (Å²) in [7, 11) is -3.53. The first-order valence-corrected chi connectivity index (χ1v) is 8.47. The molecule has 19 heavy (non-hydrogen) atoms. The van der Waals surface area contributed by atoms with Crippen LogP contribution in [0.5, 0.6) is 5.75 Å². The van der Waals surface area contributed by atoms with Crippen molar-refractivity contribution in [2.45, 2.75) is 24.2 Å². The second-order valence-electron chi connectivity index (χ2n) is 4.38. The number of benzene rings is 1. The number of nitrogens with one attached hydrogen (secondary N) is 1. The maximum Gasteiger partial charge on any atom is 0.244 e. The van der Waals surface area contributed by atoms with Crippen molar-refractivity contribution in [3.05, 3.63) is 22.2 Å². The molecule has 0 aromatic heterocycles. The fourth-order valence-corrected chi connectivity index (χ4v) is 3.93. The zero-order valence-electron chi connectivity index (χ0n) is 10.5. The van der Waals surface area contributed by atoms with Crippen LogP contribution in [0.2, 0.25) is 0 Å². The summed E-state index contributed by atoms with van der Waals surface area (Å²) in [5, 5.41) is 0. The van der Waals surface area contributed by atoms with Crippen molar-refractivity contribution in [2.75, 3.05) is 19.7 Å².